The SMILES string of the molecule is N#CCn1cc([N+](=O)[O-])c(C(=O)O)n1. The number of carboxylic acid groups (broad SMARTS) is 1. The summed E-state index contributed by atoms with van der Waals surface area (Å²) in [5.41, 5.74) is -1.28. The van der Waals surface area contributed by atoms with Crippen molar-refractivity contribution < 1.29 is 14.8 Å². The van der Waals surface area contributed by atoms with Gasteiger partial charge in [0.2, 0.25) is 5.69 Å². The van der Waals surface area contributed by atoms with Gasteiger partial charge in [-0.15, -0.1) is 0 Å². The molecule has 1 heterocycles. The summed E-state index contributed by atoms with van der Waals surface area (Å²) < 4.78 is 0.904. The Hall–Kier alpha value is -2.43. The average Bonchev–Trinajstić information content (AvgIpc) is 2.49. The minimum atomic E-state index is -1.49. The van der Waals surface area contributed by atoms with Crippen molar-refractivity contribution in [2.24, 2.45) is 0 Å². The summed E-state index contributed by atoms with van der Waals surface area (Å²) in [6.07, 6.45) is 0.909. The van der Waals surface area contributed by atoms with Gasteiger partial charge in [0.15, 0.2) is 0 Å². The fourth-order valence-corrected chi connectivity index (χ4v) is 0.850. The van der Waals surface area contributed by atoms with Gasteiger partial charge in [-0.2, -0.15) is 10.4 Å². The Morgan fingerprint density at radius 3 is 2.86 bits per heavy atom. The third-order valence-corrected chi connectivity index (χ3v) is 1.37. The standard InChI is InChI=1S/C6H4N4O4/c7-1-2-9-3-4(10(13)14)5(8-9)6(11)12/h3H,2H2,(H,11,12). The minimum absolute atomic E-state index is 0.228. The van der Waals surface area contributed by atoms with E-state index in [-0.39, 0.29) is 6.54 Å². The van der Waals surface area contributed by atoms with Crippen molar-refractivity contribution >= 4 is 11.7 Å². The van der Waals surface area contributed by atoms with E-state index in [1.54, 1.807) is 6.07 Å². The molecule has 0 unspecified atom stereocenters. The van der Waals surface area contributed by atoms with Gasteiger partial charge in [-0.1, -0.05) is 0 Å². The Kier molecular flexibility index (Phi) is 2.43. The largest absolute Gasteiger partial charge is 0.476 e. The zero-order valence-corrected chi connectivity index (χ0v) is 6.75. The highest BCUT2D eigenvalue weighted by Gasteiger charge is 2.24. The van der Waals surface area contributed by atoms with Gasteiger partial charge in [-0.25, -0.2) is 4.79 Å². The molecule has 0 aromatic carbocycles. The van der Waals surface area contributed by atoms with Gasteiger partial charge in [-0.3, -0.25) is 14.8 Å². The molecule has 1 rings (SSSR count). The maximum absolute atomic E-state index is 10.5. The molecule has 0 radical (unpaired) electrons. The summed E-state index contributed by atoms with van der Waals surface area (Å²) in [4.78, 5) is 20.0. The highest BCUT2D eigenvalue weighted by molar-refractivity contribution is 5.89. The van der Waals surface area contributed by atoms with Crippen LogP contribution < -0.4 is 0 Å². The molecule has 0 saturated heterocycles. The number of aromatic nitrogens is 2. The maximum Gasteiger partial charge on any atom is 0.363 e. The van der Waals surface area contributed by atoms with Gasteiger partial charge in [0.05, 0.1) is 11.0 Å². The average molecular weight is 196 g/mol. The molecule has 72 valence electrons. The summed E-state index contributed by atoms with van der Waals surface area (Å²) in [6.45, 7) is -0.228. The molecule has 0 fully saturated rings. The van der Waals surface area contributed by atoms with Gasteiger partial charge >= 0.3 is 11.7 Å². The Labute approximate surface area is 77.1 Å². The second-order valence-corrected chi connectivity index (χ2v) is 2.28. The van der Waals surface area contributed by atoms with E-state index in [1.807, 2.05) is 0 Å². The predicted octanol–water partition coefficient (Wildman–Crippen LogP) is 0.0131. The number of nitro groups is 1. The summed E-state index contributed by atoms with van der Waals surface area (Å²) in [7, 11) is 0. The summed E-state index contributed by atoms with van der Waals surface area (Å²) in [6, 6.07) is 1.69. The zero-order chi connectivity index (χ0) is 10.7. The summed E-state index contributed by atoms with van der Waals surface area (Å²) in [5.74, 6) is -1.49. The van der Waals surface area contributed by atoms with E-state index in [2.05, 4.69) is 5.10 Å². The van der Waals surface area contributed by atoms with E-state index in [1.165, 1.54) is 0 Å². The fourth-order valence-electron chi connectivity index (χ4n) is 0.850. The van der Waals surface area contributed by atoms with Crippen molar-refractivity contribution in [1.29, 1.82) is 5.26 Å². The minimum Gasteiger partial charge on any atom is -0.476 e. The van der Waals surface area contributed by atoms with Crippen LogP contribution >= 0.6 is 0 Å². The van der Waals surface area contributed by atoms with Crippen LogP contribution in [0.2, 0.25) is 0 Å². The summed E-state index contributed by atoms with van der Waals surface area (Å²) >= 11 is 0. The molecule has 14 heavy (non-hydrogen) atoms. The lowest BCUT2D eigenvalue weighted by molar-refractivity contribution is -0.385. The number of nitriles is 1. The third kappa shape index (κ3) is 1.66. The van der Waals surface area contributed by atoms with Crippen molar-refractivity contribution in [2.45, 2.75) is 6.54 Å². The molecule has 0 aliphatic rings. The van der Waals surface area contributed by atoms with Crippen LogP contribution in [-0.2, 0) is 6.54 Å². The van der Waals surface area contributed by atoms with E-state index < -0.39 is 22.3 Å². The Balaban J connectivity index is 3.20. The quantitative estimate of drug-likeness (QED) is 0.536. The number of carboxylic acids is 1. The topological polar surface area (TPSA) is 122 Å². The molecule has 1 N–H and O–H groups in total. The number of carbonyl (C=O) groups is 1. The van der Waals surface area contributed by atoms with Crippen LogP contribution in [0.4, 0.5) is 5.69 Å². The Morgan fingerprint density at radius 1 is 1.86 bits per heavy atom. The monoisotopic (exact) mass is 196 g/mol. The molecule has 8 heteroatoms. The number of rotatable bonds is 3. The molecule has 0 atom stereocenters. The van der Waals surface area contributed by atoms with Crippen molar-refractivity contribution in [3.63, 3.8) is 0 Å². The van der Waals surface area contributed by atoms with E-state index >= 15 is 0 Å². The molecular formula is C6H4N4O4. The Morgan fingerprint density at radius 2 is 2.50 bits per heavy atom. The van der Waals surface area contributed by atoms with Crippen molar-refractivity contribution in [1.82, 2.24) is 9.78 Å². The fraction of sp³-hybridized carbons (Fsp3) is 0.167. The van der Waals surface area contributed by atoms with Gasteiger partial charge < -0.3 is 5.11 Å². The van der Waals surface area contributed by atoms with E-state index in [9.17, 15) is 14.9 Å². The van der Waals surface area contributed by atoms with Crippen LogP contribution in [0.15, 0.2) is 6.20 Å². The molecule has 0 spiro atoms. The molecule has 0 bridgehead atoms. The number of hydrogen-bond donors (Lipinski definition) is 1. The van der Waals surface area contributed by atoms with Crippen molar-refractivity contribution in [3.05, 3.63) is 22.0 Å². The first-order valence-electron chi connectivity index (χ1n) is 3.38. The number of aromatic carboxylic acids is 1. The third-order valence-electron chi connectivity index (χ3n) is 1.37. The predicted molar refractivity (Wildman–Crippen MR) is 41.5 cm³/mol. The van der Waals surface area contributed by atoms with E-state index in [0.717, 1.165) is 10.9 Å². The zero-order valence-electron chi connectivity index (χ0n) is 6.75. The number of hydrogen-bond acceptors (Lipinski definition) is 5. The highest BCUT2D eigenvalue weighted by atomic mass is 16.6. The molecule has 0 amide bonds. The molecule has 8 nitrogen and oxygen atoms in total. The Bertz CT molecular complexity index is 398. The molecule has 1 aromatic heterocycles. The molecular weight excluding hydrogens is 192 g/mol. The second-order valence-electron chi connectivity index (χ2n) is 2.28. The van der Waals surface area contributed by atoms with Gasteiger partial charge in [-0.05, 0) is 0 Å². The second kappa shape index (κ2) is 3.53. The van der Waals surface area contributed by atoms with Crippen LogP contribution in [0, 0.1) is 21.4 Å². The lowest BCUT2D eigenvalue weighted by atomic mass is 10.4. The van der Waals surface area contributed by atoms with Gasteiger partial charge in [0.1, 0.15) is 12.7 Å². The first-order chi connectivity index (χ1) is 6.56. The lowest BCUT2D eigenvalue weighted by Gasteiger charge is -1.86. The summed E-state index contributed by atoms with van der Waals surface area (Å²) in [5, 5.41) is 30.5. The molecule has 0 aliphatic heterocycles. The lowest BCUT2D eigenvalue weighted by Crippen LogP contribution is -2.03. The first kappa shape index (κ1) is 9.66. The van der Waals surface area contributed by atoms with Crippen molar-refractivity contribution in [2.75, 3.05) is 0 Å². The first-order valence-corrected chi connectivity index (χ1v) is 3.38. The van der Waals surface area contributed by atoms with Gasteiger partial charge in [0, 0.05) is 0 Å². The maximum atomic E-state index is 10.5. The van der Waals surface area contributed by atoms with Crippen LogP contribution in [0.3, 0.4) is 0 Å². The van der Waals surface area contributed by atoms with E-state index in [4.69, 9.17) is 10.4 Å². The highest BCUT2D eigenvalue weighted by Crippen LogP contribution is 2.15. The van der Waals surface area contributed by atoms with E-state index in [0.29, 0.717) is 0 Å². The molecule has 1 aromatic rings. The number of nitrogens with zero attached hydrogens (tertiary/aromatic N) is 4. The molecule has 0 saturated carbocycles. The van der Waals surface area contributed by atoms with Crippen LogP contribution in [0.25, 0.3) is 0 Å². The molecule has 0 aliphatic carbocycles. The van der Waals surface area contributed by atoms with Crippen molar-refractivity contribution in [3.8, 4) is 6.07 Å². The van der Waals surface area contributed by atoms with Crippen LogP contribution in [0.5, 0.6) is 0 Å². The van der Waals surface area contributed by atoms with Crippen LogP contribution in [0.1, 0.15) is 10.5 Å². The van der Waals surface area contributed by atoms with Gasteiger partial charge in [0.25, 0.3) is 0 Å². The smallest absolute Gasteiger partial charge is 0.363 e. The van der Waals surface area contributed by atoms with Crippen LogP contribution in [-0.4, -0.2) is 25.8 Å². The normalized spacial score (nSPS) is 9.36.